The zero-order valence-electron chi connectivity index (χ0n) is 12.7. The van der Waals surface area contributed by atoms with Crippen LogP contribution in [0, 0.1) is 0 Å². The predicted octanol–water partition coefficient (Wildman–Crippen LogP) is 3.86. The first kappa shape index (κ1) is 16.9. The van der Waals surface area contributed by atoms with Gasteiger partial charge in [0.05, 0.1) is 18.2 Å². The smallest absolute Gasteiger partial charge is 0.434 e. The van der Waals surface area contributed by atoms with Crippen molar-refractivity contribution in [2.24, 2.45) is 0 Å². The van der Waals surface area contributed by atoms with Crippen LogP contribution in [0.4, 0.5) is 13.2 Å². The Balaban J connectivity index is 2.66. The third-order valence-electron chi connectivity index (χ3n) is 3.27. The highest BCUT2D eigenvalue weighted by Crippen LogP contribution is 2.36. The molecule has 0 aliphatic heterocycles. The van der Waals surface area contributed by atoms with Gasteiger partial charge in [0.1, 0.15) is 11.6 Å². The first-order valence-corrected chi connectivity index (χ1v) is 6.73. The van der Waals surface area contributed by atoms with E-state index in [-0.39, 0.29) is 23.2 Å². The highest BCUT2D eigenvalue weighted by Gasteiger charge is 2.35. The number of aromatic nitrogens is 2. The van der Waals surface area contributed by atoms with Gasteiger partial charge in [0, 0.05) is 12.2 Å². The molecule has 0 atom stereocenters. The van der Waals surface area contributed by atoms with E-state index < -0.39 is 17.8 Å². The number of halogens is 3. The molecule has 0 amide bonds. The second-order valence-corrected chi connectivity index (χ2v) is 5.17. The van der Waals surface area contributed by atoms with Crippen molar-refractivity contribution in [1.29, 1.82) is 0 Å². The number of carbonyl (C=O) groups is 1. The molecule has 0 fully saturated rings. The number of carboxylic acids is 1. The Hall–Kier alpha value is -2.51. The van der Waals surface area contributed by atoms with Gasteiger partial charge in [-0.1, -0.05) is 0 Å². The van der Waals surface area contributed by atoms with E-state index in [0.29, 0.717) is 5.56 Å². The van der Waals surface area contributed by atoms with Crippen molar-refractivity contribution in [1.82, 2.24) is 9.55 Å². The first-order chi connectivity index (χ1) is 10.6. The molecule has 124 valence electrons. The monoisotopic (exact) mass is 328 g/mol. The average molecular weight is 328 g/mol. The van der Waals surface area contributed by atoms with Crippen LogP contribution in [0.25, 0.3) is 11.4 Å². The molecule has 0 saturated carbocycles. The fourth-order valence-electron chi connectivity index (χ4n) is 2.13. The lowest BCUT2D eigenvalue weighted by Gasteiger charge is -2.14. The summed E-state index contributed by atoms with van der Waals surface area (Å²) >= 11 is 0. The number of carboxylic acid groups (broad SMARTS) is 1. The minimum absolute atomic E-state index is 0.0238. The lowest BCUT2D eigenvalue weighted by Crippen LogP contribution is -2.05. The van der Waals surface area contributed by atoms with Crippen molar-refractivity contribution in [3.63, 3.8) is 0 Å². The summed E-state index contributed by atoms with van der Waals surface area (Å²) in [6, 6.07) is 3.68. The van der Waals surface area contributed by atoms with E-state index in [0.717, 1.165) is 6.20 Å². The van der Waals surface area contributed by atoms with Gasteiger partial charge >= 0.3 is 12.1 Å². The molecule has 2 rings (SSSR count). The molecule has 0 spiro atoms. The quantitative estimate of drug-likeness (QED) is 0.926. The molecule has 8 heteroatoms. The average Bonchev–Trinajstić information content (AvgIpc) is 2.91. The molecule has 2 aromatic rings. The van der Waals surface area contributed by atoms with Gasteiger partial charge in [0.2, 0.25) is 0 Å². The van der Waals surface area contributed by atoms with Gasteiger partial charge in [-0.05, 0) is 32.0 Å². The van der Waals surface area contributed by atoms with Crippen LogP contribution < -0.4 is 4.74 Å². The molecule has 0 saturated heterocycles. The lowest BCUT2D eigenvalue weighted by molar-refractivity contribution is -0.140. The minimum Gasteiger partial charge on any atom is -0.496 e. The molecule has 5 nitrogen and oxygen atoms in total. The van der Waals surface area contributed by atoms with E-state index in [1.165, 1.54) is 29.9 Å². The molecule has 1 aromatic heterocycles. The van der Waals surface area contributed by atoms with Crippen LogP contribution in [0.5, 0.6) is 5.75 Å². The van der Waals surface area contributed by atoms with Gasteiger partial charge in [-0.15, -0.1) is 0 Å². The van der Waals surface area contributed by atoms with Crippen LogP contribution in [0.1, 0.15) is 35.9 Å². The highest BCUT2D eigenvalue weighted by molar-refractivity contribution is 5.89. The molecule has 1 aromatic carbocycles. The molecule has 23 heavy (non-hydrogen) atoms. The van der Waals surface area contributed by atoms with E-state index >= 15 is 0 Å². The van der Waals surface area contributed by atoms with Crippen molar-refractivity contribution in [2.45, 2.75) is 26.1 Å². The van der Waals surface area contributed by atoms with Gasteiger partial charge < -0.3 is 14.4 Å². The van der Waals surface area contributed by atoms with Crippen LogP contribution in [-0.2, 0) is 6.18 Å². The number of rotatable bonds is 4. The molecule has 1 heterocycles. The van der Waals surface area contributed by atoms with Gasteiger partial charge in [0.25, 0.3) is 0 Å². The Morgan fingerprint density at radius 2 is 2.00 bits per heavy atom. The number of hydrogen-bond donors (Lipinski definition) is 1. The van der Waals surface area contributed by atoms with Gasteiger partial charge in [-0.3, -0.25) is 0 Å². The number of aromatic carboxylic acids is 1. The van der Waals surface area contributed by atoms with Crippen molar-refractivity contribution in [3.05, 3.63) is 35.7 Å². The summed E-state index contributed by atoms with van der Waals surface area (Å²) in [6.45, 7) is 3.45. The molecular formula is C15H15F3N2O3. The second-order valence-electron chi connectivity index (χ2n) is 5.17. The normalized spacial score (nSPS) is 11.8. The third kappa shape index (κ3) is 3.30. The Bertz CT molecular complexity index is 736. The summed E-state index contributed by atoms with van der Waals surface area (Å²) in [4.78, 5) is 14.7. The number of benzene rings is 1. The minimum atomic E-state index is -4.57. The maximum Gasteiger partial charge on any atom is 0.434 e. The van der Waals surface area contributed by atoms with Crippen LogP contribution in [-0.4, -0.2) is 27.7 Å². The maximum atomic E-state index is 12.9. The van der Waals surface area contributed by atoms with E-state index in [9.17, 15) is 18.0 Å². The zero-order chi connectivity index (χ0) is 17.4. The molecular weight excluding hydrogens is 313 g/mol. The Kier molecular flexibility index (Phi) is 4.35. The summed E-state index contributed by atoms with van der Waals surface area (Å²) in [6.07, 6.45) is -3.63. The topological polar surface area (TPSA) is 64.3 Å². The molecule has 0 aliphatic carbocycles. The Labute approximate surface area is 130 Å². The van der Waals surface area contributed by atoms with Crippen LogP contribution in [0.2, 0.25) is 0 Å². The Morgan fingerprint density at radius 1 is 1.35 bits per heavy atom. The van der Waals surface area contributed by atoms with E-state index in [4.69, 9.17) is 9.84 Å². The second kappa shape index (κ2) is 5.94. The van der Waals surface area contributed by atoms with Crippen LogP contribution in [0.3, 0.4) is 0 Å². The fraction of sp³-hybridized carbons (Fsp3) is 0.333. The summed E-state index contributed by atoms with van der Waals surface area (Å²) in [5.41, 5.74) is -0.739. The number of hydrogen-bond acceptors (Lipinski definition) is 3. The van der Waals surface area contributed by atoms with Crippen molar-refractivity contribution >= 4 is 5.97 Å². The van der Waals surface area contributed by atoms with Gasteiger partial charge in [-0.25, -0.2) is 9.78 Å². The first-order valence-electron chi connectivity index (χ1n) is 6.73. The number of ether oxygens (including phenoxy) is 1. The number of methoxy groups -OCH3 is 1. The number of nitrogens with zero attached hydrogens (tertiary/aromatic N) is 2. The molecule has 0 radical (unpaired) electrons. The molecule has 0 aliphatic rings. The summed E-state index contributed by atoms with van der Waals surface area (Å²) < 4.78 is 45.3. The largest absolute Gasteiger partial charge is 0.496 e. The predicted molar refractivity (Wildman–Crippen MR) is 76.6 cm³/mol. The highest BCUT2D eigenvalue weighted by atomic mass is 19.4. The Morgan fingerprint density at radius 3 is 2.48 bits per heavy atom. The molecule has 0 unspecified atom stereocenters. The van der Waals surface area contributed by atoms with Gasteiger partial charge in [0.15, 0.2) is 5.69 Å². The van der Waals surface area contributed by atoms with Crippen LogP contribution in [0.15, 0.2) is 24.4 Å². The van der Waals surface area contributed by atoms with Crippen molar-refractivity contribution in [2.75, 3.05) is 7.11 Å². The molecule has 0 bridgehead atoms. The van der Waals surface area contributed by atoms with Crippen LogP contribution >= 0.6 is 0 Å². The fourth-order valence-corrected chi connectivity index (χ4v) is 2.13. The lowest BCUT2D eigenvalue weighted by atomic mass is 10.1. The van der Waals surface area contributed by atoms with Gasteiger partial charge in [-0.2, -0.15) is 13.2 Å². The third-order valence-corrected chi connectivity index (χ3v) is 3.27. The van der Waals surface area contributed by atoms with Crippen molar-refractivity contribution < 1.29 is 27.8 Å². The number of imidazole rings is 1. The summed E-state index contributed by atoms with van der Waals surface area (Å²) in [5, 5.41) is 8.99. The maximum absolute atomic E-state index is 12.9. The van der Waals surface area contributed by atoms with Crippen molar-refractivity contribution in [3.8, 4) is 17.1 Å². The zero-order valence-corrected chi connectivity index (χ0v) is 12.7. The molecule has 1 N–H and O–H groups in total. The standard InChI is InChI=1S/C15H15F3N2O3/c1-8(2)20-7-12(15(16,17)18)19-13(20)10-5-4-9(14(21)22)6-11(10)23-3/h4-8H,1-3H3,(H,21,22). The van der Waals surface area contributed by atoms with E-state index in [1.54, 1.807) is 13.8 Å². The summed E-state index contributed by atoms with van der Waals surface area (Å²) in [7, 11) is 1.32. The van der Waals surface area contributed by atoms with E-state index in [2.05, 4.69) is 4.98 Å². The summed E-state index contributed by atoms with van der Waals surface area (Å²) in [5.74, 6) is -0.940. The SMILES string of the molecule is COc1cc(C(=O)O)ccc1-c1nc(C(F)(F)F)cn1C(C)C. The van der Waals surface area contributed by atoms with E-state index in [1.807, 2.05) is 0 Å². The number of alkyl halides is 3.